The van der Waals surface area contributed by atoms with Gasteiger partial charge in [-0.25, -0.2) is 0 Å². The van der Waals surface area contributed by atoms with E-state index in [1.807, 2.05) is 24.3 Å². The van der Waals surface area contributed by atoms with Crippen molar-refractivity contribution < 1.29 is 0 Å². The van der Waals surface area contributed by atoms with Crippen molar-refractivity contribution in [2.75, 3.05) is 33.7 Å². The quantitative estimate of drug-likeness (QED) is 0.805. The summed E-state index contributed by atoms with van der Waals surface area (Å²) < 4.78 is 0. The second-order valence-corrected chi connectivity index (χ2v) is 7.20. The minimum absolute atomic E-state index is 0.707. The first-order valence-electron chi connectivity index (χ1n) is 9.14. The molecule has 0 aliphatic carbocycles. The van der Waals surface area contributed by atoms with Gasteiger partial charge >= 0.3 is 0 Å². The Morgan fingerprint density at radius 1 is 1.04 bits per heavy atom. The Labute approximate surface area is 151 Å². The summed E-state index contributed by atoms with van der Waals surface area (Å²) >= 11 is 0. The molecule has 0 amide bonds. The first-order valence-corrected chi connectivity index (χ1v) is 9.14. The van der Waals surface area contributed by atoms with Crippen molar-refractivity contribution >= 4 is 0 Å². The zero-order valence-corrected chi connectivity index (χ0v) is 15.3. The van der Waals surface area contributed by atoms with Crippen molar-refractivity contribution in [1.29, 1.82) is 5.26 Å². The summed E-state index contributed by atoms with van der Waals surface area (Å²) in [4.78, 5) is 4.94. The van der Waals surface area contributed by atoms with E-state index in [-0.39, 0.29) is 0 Å². The molecule has 0 radical (unpaired) electrons. The number of nitriles is 1. The van der Waals surface area contributed by atoms with Gasteiger partial charge in [0.25, 0.3) is 0 Å². The average molecular weight is 333 g/mol. The average Bonchev–Trinajstić information content (AvgIpc) is 3.12. The highest BCUT2D eigenvalue weighted by Crippen LogP contribution is 2.21. The zero-order valence-electron chi connectivity index (χ0n) is 15.3. The van der Waals surface area contributed by atoms with Crippen LogP contribution < -0.4 is 0 Å². The Morgan fingerprint density at radius 2 is 1.68 bits per heavy atom. The molecule has 0 unspecified atom stereocenters. The fourth-order valence-corrected chi connectivity index (χ4v) is 3.54. The van der Waals surface area contributed by atoms with E-state index in [0.717, 1.165) is 18.0 Å². The minimum atomic E-state index is 0.707. The first-order chi connectivity index (χ1) is 12.2. The summed E-state index contributed by atoms with van der Waals surface area (Å²) in [6.45, 7) is 3.65. The third-order valence-electron chi connectivity index (χ3n) is 5.22. The van der Waals surface area contributed by atoms with Gasteiger partial charge in [-0.1, -0.05) is 36.4 Å². The molecular weight excluding hydrogens is 306 g/mol. The van der Waals surface area contributed by atoms with Gasteiger partial charge in [-0.2, -0.15) is 5.26 Å². The highest BCUT2D eigenvalue weighted by molar-refractivity contribution is 5.64. The third kappa shape index (κ3) is 4.69. The molecule has 1 heterocycles. The predicted molar refractivity (Wildman–Crippen MR) is 103 cm³/mol. The molecular formula is C22H27N3. The van der Waals surface area contributed by atoms with Crippen molar-refractivity contribution in [1.82, 2.24) is 9.80 Å². The van der Waals surface area contributed by atoms with Gasteiger partial charge in [0.2, 0.25) is 0 Å². The summed E-state index contributed by atoms with van der Waals surface area (Å²) in [6, 6.07) is 19.5. The van der Waals surface area contributed by atoms with Crippen LogP contribution in [0.15, 0.2) is 48.5 Å². The standard InChI is InChI=1S/C22H27N3/c1-24(2)22-13-15-25(17-22)14-3-4-18-5-9-20(10-6-18)21-11-7-19(16-23)8-12-21/h5-12,22H,3-4,13-15,17H2,1-2H3/t22-/m1/s1. The monoisotopic (exact) mass is 333 g/mol. The third-order valence-corrected chi connectivity index (χ3v) is 5.22. The van der Waals surface area contributed by atoms with Crippen LogP contribution in [0.1, 0.15) is 24.0 Å². The van der Waals surface area contributed by atoms with Crippen LogP contribution in [0.2, 0.25) is 0 Å². The molecule has 0 bridgehead atoms. The second-order valence-electron chi connectivity index (χ2n) is 7.20. The van der Waals surface area contributed by atoms with Gasteiger partial charge in [0, 0.05) is 12.6 Å². The summed E-state index contributed by atoms with van der Waals surface area (Å²) in [5.41, 5.74) is 4.48. The van der Waals surface area contributed by atoms with Crippen molar-refractivity contribution in [2.24, 2.45) is 0 Å². The Hall–Kier alpha value is -2.15. The predicted octanol–water partition coefficient (Wildman–Crippen LogP) is 3.79. The number of rotatable bonds is 6. The van der Waals surface area contributed by atoms with Gasteiger partial charge in [0.15, 0.2) is 0 Å². The molecule has 130 valence electrons. The Bertz CT molecular complexity index is 710. The van der Waals surface area contributed by atoms with Crippen LogP contribution in [-0.4, -0.2) is 49.6 Å². The summed E-state index contributed by atoms with van der Waals surface area (Å²) in [6.07, 6.45) is 3.65. The highest BCUT2D eigenvalue weighted by atomic mass is 15.2. The van der Waals surface area contributed by atoms with Crippen molar-refractivity contribution in [3.8, 4) is 17.2 Å². The van der Waals surface area contributed by atoms with E-state index in [0.29, 0.717) is 5.56 Å². The fourth-order valence-electron chi connectivity index (χ4n) is 3.54. The van der Waals surface area contributed by atoms with Gasteiger partial charge in [0.05, 0.1) is 11.6 Å². The number of likely N-dealkylation sites (N-methyl/N-ethyl adjacent to an activating group) is 1. The number of aryl methyl sites for hydroxylation is 1. The van der Waals surface area contributed by atoms with Gasteiger partial charge in [-0.05, 0) is 75.3 Å². The van der Waals surface area contributed by atoms with E-state index in [1.54, 1.807) is 0 Å². The summed E-state index contributed by atoms with van der Waals surface area (Å²) in [7, 11) is 4.37. The molecule has 0 aromatic heterocycles. The van der Waals surface area contributed by atoms with E-state index >= 15 is 0 Å². The topological polar surface area (TPSA) is 30.3 Å². The largest absolute Gasteiger partial charge is 0.305 e. The Kier molecular flexibility index (Phi) is 5.86. The molecule has 1 fully saturated rings. The van der Waals surface area contributed by atoms with E-state index in [2.05, 4.69) is 54.2 Å². The lowest BCUT2D eigenvalue weighted by Gasteiger charge is -2.20. The lowest BCUT2D eigenvalue weighted by Crippen LogP contribution is -2.31. The lowest BCUT2D eigenvalue weighted by molar-refractivity contribution is 0.267. The highest BCUT2D eigenvalue weighted by Gasteiger charge is 2.23. The molecule has 2 aromatic carbocycles. The van der Waals surface area contributed by atoms with E-state index in [9.17, 15) is 0 Å². The maximum atomic E-state index is 8.88. The fraction of sp³-hybridized carbons (Fsp3) is 0.409. The van der Waals surface area contributed by atoms with Crippen LogP contribution in [0.4, 0.5) is 0 Å². The molecule has 0 spiro atoms. The molecule has 3 heteroatoms. The van der Waals surface area contributed by atoms with Crippen molar-refractivity contribution in [3.63, 3.8) is 0 Å². The molecule has 1 atom stereocenters. The molecule has 1 saturated heterocycles. The first kappa shape index (κ1) is 17.7. The molecule has 0 N–H and O–H groups in total. The minimum Gasteiger partial charge on any atom is -0.305 e. The maximum absolute atomic E-state index is 8.88. The normalized spacial score (nSPS) is 17.8. The molecule has 1 aliphatic rings. The van der Waals surface area contributed by atoms with Gasteiger partial charge in [0.1, 0.15) is 0 Å². The van der Waals surface area contributed by atoms with Gasteiger partial charge in [-0.3, -0.25) is 0 Å². The van der Waals surface area contributed by atoms with Crippen molar-refractivity contribution in [2.45, 2.75) is 25.3 Å². The number of benzene rings is 2. The SMILES string of the molecule is CN(C)[C@@H]1CCN(CCCc2ccc(-c3ccc(C#N)cc3)cc2)C1. The van der Waals surface area contributed by atoms with E-state index in [1.165, 1.54) is 43.6 Å². The van der Waals surface area contributed by atoms with Crippen LogP contribution in [0.5, 0.6) is 0 Å². The second kappa shape index (κ2) is 8.29. The molecule has 1 aliphatic heterocycles. The molecule has 0 saturated carbocycles. The zero-order chi connectivity index (χ0) is 17.6. The van der Waals surface area contributed by atoms with Gasteiger partial charge < -0.3 is 9.80 Å². The molecule has 2 aromatic rings. The van der Waals surface area contributed by atoms with E-state index in [4.69, 9.17) is 5.26 Å². The summed E-state index contributed by atoms with van der Waals surface area (Å²) in [5, 5.41) is 8.88. The van der Waals surface area contributed by atoms with Gasteiger partial charge in [-0.15, -0.1) is 0 Å². The lowest BCUT2D eigenvalue weighted by atomic mass is 10.0. The molecule has 3 nitrogen and oxygen atoms in total. The number of hydrogen-bond donors (Lipinski definition) is 0. The van der Waals surface area contributed by atoms with Crippen molar-refractivity contribution in [3.05, 3.63) is 59.7 Å². The Morgan fingerprint density at radius 3 is 2.24 bits per heavy atom. The number of likely N-dealkylation sites (tertiary alicyclic amines) is 1. The smallest absolute Gasteiger partial charge is 0.0991 e. The number of nitrogens with zero attached hydrogens (tertiary/aromatic N) is 3. The van der Waals surface area contributed by atoms with Crippen LogP contribution in [0, 0.1) is 11.3 Å². The summed E-state index contributed by atoms with van der Waals surface area (Å²) in [5.74, 6) is 0. The maximum Gasteiger partial charge on any atom is 0.0991 e. The van der Waals surface area contributed by atoms with Crippen LogP contribution in [-0.2, 0) is 6.42 Å². The van der Waals surface area contributed by atoms with Crippen LogP contribution >= 0.6 is 0 Å². The number of hydrogen-bond acceptors (Lipinski definition) is 3. The Balaban J connectivity index is 1.49. The molecule has 25 heavy (non-hydrogen) atoms. The molecule has 3 rings (SSSR count). The van der Waals surface area contributed by atoms with E-state index < -0.39 is 0 Å². The van der Waals surface area contributed by atoms with Crippen LogP contribution in [0.3, 0.4) is 0 Å². The van der Waals surface area contributed by atoms with Crippen LogP contribution in [0.25, 0.3) is 11.1 Å².